The van der Waals surface area contributed by atoms with E-state index < -0.39 is 5.60 Å². The number of aromatic nitrogens is 3. The second-order valence-corrected chi connectivity index (χ2v) is 8.21. The van der Waals surface area contributed by atoms with Crippen molar-refractivity contribution >= 4 is 28.8 Å². The van der Waals surface area contributed by atoms with Crippen molar-refractivity contribution in [2.45, 2.75) is 39.8 Å². The molecule has 146 valence electrons. The maximum absolute atomic E-state index is 12.5. The molecule has 3 aromatic rings. The van der Waals surface area contributed by atoms with Gasteiger partial charge in [-0.1, -0.05) is 0 Å². The number of hydrogen-bond donors (Lipinski definition) is 1. The highest BCUT2D eigenvalue weighted by Gasteiger charge is 2.24. The topological polar surface area (TPSA) is 104 Å². The summed E-state index contributed by atoms with van der Waals surface area (Å²) in [5.74, 6) is 0. The predicted molar refractivity (Wildman–Crippen MR) is 107 cm³/mol. The van der Waals surface area contributed by atoms with Crippen LogP contribution >= 0.6 is 11.3 Å². The van der Waals surface area contributed by atoms with E-state index in [1.54, 1.807) is 4.57 Å². The van der Waals surface area contributed by atoms with Gasteiger partial charge in [0.25, 0.3) is 5.56 Å². The van der Waals surface area contributed by atoms with Gasteiger partial charge in [0.1, 0.15) is 22.7 Å². The van der Waals surface area contributed by atoms with Crippen LogP contribution in [0.5, 0.6) is 0 Å². The molecule has 0 saturated heterocycles. The third-order valence-electron chi connectivity index (χ3n) is 4.08. The van der Waals surface area contributed by atoms with Gasteiger partial charge in [0, 0.05) is 6.54 Å². The van der Waals surface area contributed by atoms with E-state index in [1.165, 1.54) is 22.7 Å². The van der Waals surface area contributed by atoms with E-state index in [4.69, 9.17) is 4.84 Å². The van der Waals surface area contributed by atoms with Gasteiger partial charge in [-0.15, -0.1) is 11.3 Å². The fourth-order valence-corrected chi connectivity index (χ4v) is 4.02. The number of hydrogen-bond acceptors (Lipinski definition) is 6. The van der Waals surface area contributed by atoms with Crippen LogP contribution in [0.4, 0.5) is 0 Å². The van der Waals surface area contributed by atoms with Crippen LogP contribution in [-0.2, 0) is 16.2 Å². The summed E-state index contributed by atoms with van der Waals surface area (Å²) in [4.78, 5) is 37.3. The minimum absolute atomic E-state index is 0.209. The molecule has 9 heteroatoms. The second kappa shape index (κ2) is 7.58. The summed E-state index contributed by atoms with van der Waals surface area (Å²) < 4.78 is 1.75. The summed E-state index contributed by atoms with van der Waals surface area (Å²) in [6.07, 6.45) is 1.90. The van der Waals surface area contributed by atoms with Crippen molar-refractivity contribution in [3.8, 4) is 16.6 Å². The van der Waals surface area contributed by atoms with Gasteiger partial charge < -0.3 is 9.55 Å². The first-order chi connectivity index (χ1) is 13.3. The zero-order valence-electron chi connectivity index (χ0n) is 16.1. The Balaban J connectivity index is 2.15. The molecule has 0 aliphatic rings. The minimum Gasteiger partial charge on any atom is -0.331 e. The molecule has 0 unspecified atom stereocenters. The molecule has 0 radical (unpaired) electrons. The van der Waals surface area contributed by atoms with Gasteiger partial charge in [0.2, 0.25) is 6.41 Å². The number of aryl methyl sites for hydroxylation is 1. The van der Waals surface area contributed by atoms with Crippen molar-refractivity contribution in [2.24, 2.45) is 0 Å². The number of carbonyl (C=O) groups excluding carboxylic acids is 1. The van der Waals surface area contributed by atoms with Crippen molar-refractivity contribution in [3.05, 3.63) is 39.3 Å². The molecule has 0 saturated carbocycles. The first kappa shape index (κ1) is 19.8. The van der Waals surface area contributed by atoms with Gasteiger partial charge >= 0.3 is 0 Å². The number of amides is 1. The van der Waals surface area contributed by atoms with Crippen LogP contribution in [0.1, 0.15) is 31.9 Å². The first-order valence-corrected chi connectivity index (χ1v) is 9.60. The molecular weight excluding hydrogens is 378 g/mol. The molecule has 1 N–H and O–H groups in total. The zero-order valence-corrected chi connectivity index (χ0v) is 17.0. The summed E-state index contributed by atoms with van der Waals surface area (Å²) >= 11 is 1.49. The number of rotatable bonds is 6. The Morgan fingerprint density at radius 2 is 2.21 bits per heavy atom. The average molecular weight is 399 g/mol. The minimum atomic E-state index is -0.538. The normalized spacial score (nSPS) is 11.5. The van der Waals surface area contributed by atoms with Crippen molar-refractivity contribution in [3.63, 3.8) is 0 Å². The van der Waals surface area contributed by atoms with Gasteiger partial charge in [-0.2, -0.15) is 5.26 Å². The highest BCUT2D eigenvalue weighted by molar-refractivity contribution is 7.13. The lowest BCUT2D eigenvalue weighted by Gasteiger charge is -2.27. The Kier molecular flexibility index (Phi) is 5.36. The molecule has 0 aliphatic heterocycles. The number of aromatic amines is 1. The monoisotopic (exact) mass is 399 g/mol. The first-order valence-electron chi connectivity index (χ1n) is 8.72. The van der Waals surface area contributed by atoms with Gasteiger partial charge in [-0.3, -0.25) is 14.4 Å². The van der Waals surface area contributed by atoms with E-state index in [0.717, 1.165) is 10.4 Å². The molecule has 3 heterocycles. The molecule has 3 rings (SSSR count). The molecule has 0 bridgehead atoms. The summed E-state index contributed by atoms with van der Waals surface area (Å²) in [5.41, 5.74) is 1.77. The lowest BCUT2D eigenvalue weighted by atomic mass is 10.1. The molecule has 1 amide bonds. The number of nitrogens with one attached hydrogen (secondary N) is 1. The number of fused-ring (bicyclic) bond motifs is 1. The third-order valence-corrected chi connectivity index (χ3v) is 5.11. The Labute approximate surface area is 165 Å². The van der Waals surface area contributed by atoms with Crippen LogP contribution in [0.3, 0.4) is 0 Å². The summed E-state index contributed by atoms with van der Waals surface area (Å²) in [5, 5.41) is 12.9. The third kappa shape index (κ3) is 3.69. The standard InChI is InChI=1S/C19H21N5O3S/c1-12-5-8-28-17(12)15-13(9-20)14-16(18(26)22-10-21-14)24(15)7-6-23(11-25)27-19(2,3)4/h5,8,10-11H,6-7H2,1-4H3,(H,21,22,26). The lowest BCUT2D eigenvalue weighted by molar-refractivity contribution is -0.216. The number of thiophene rings is 1. The summed E-state index contributed by atoms with van der Waals surface area (Å²) in [7, 11) is 0. The molecular formula is C19H21N5O3S. The number of carbonyl (C=O) groups is 1. The molecule has 8 nitrogen and oxygen atoms in total. The average Bonchev–Trinajstić information content (AvgIpc) is 3.18. The van der Waals surface area contributed by atoms with Crippen molar-refractivity contribution < 1.29 is 9.63 Å². The lowest BCUT2D eigenvalue weighted by Crippen LogP contribution is -2.35. The Morgan fingerprint density at radius 1 is 1.46 bits per heavy atom. The molecule has 0 spiro atoms. The fourth-order valence-electron chi connectivity index (χ4n) is 3.04. The maximum atomic E-state index is 12.5. The van der Waals surface area contributed by atoms with Crippen molar-refractivity contribution in [1.29, 1.82) is 5.26 Å². The largest absolute Gasteiger partial charge is 0.331 e. The molecule has 0 atom stereocenters. The number of H-pyrrole nitrogens is 1. The number of nitrogens with zero attached hydrogens (tertiary/aromatic N) is 4. The number of nitriles is 1. The van der Waals surface area contributed by atoms with Gasteiger partial charge in [-0.25, -0.2) is 10.0 Å². The van der Waals surface area contributed by atoms with Gasteiger partial charge in [-0.05, 0) is 44.7 Å². The van der Waals surface area contributed by atoms with Gasteiger partial charge in [0.05, 0.1) is 29.0 Å². The predicted octanol–water partition coefficient (Wildman–Crippen LogP) is 2.82. The van der Waals surface area contributed by atoms with Crippen LogP contribution in [-0.4, -0.2) is 38.2 Å². The molecule has 0 fully saturated rings. The number of hydroxylamine groups is 2. The quantitative estimate of drug-likeness (QED) is 0.507. The molecule has 3 aromatic heterocycles. The van der Waals surface area contributed by atoms with Crippen LogP contribution in [0.15, 0.2) is 22.6 Å². The highest BCUT2D eigenvalue weighted by atomic mass is 32.1. The van der Waals surface area contributed by atoms with Gasteiger partial charge in [0.15, 0.2) is 0 Å². The molecule has 0 aliphatic carbocycles. The van der Waals surface area contributed by atoms with Crippen LogP contribution in [0.2, 0.25) is 0 Å². The molecule has 0 aromatic carbocycles. The summed E-state index contributed by atoms with van der Waals surface area (Å²) in [6, 6.07) is 4.16. The molecule has 28 heavy (non-hydrogen) atoms. The van der Waals surface area contributed by atoms with Crippen molar-refractivity contribution in [2.75, 3.05) is 6.54 Å². The summed E-state index contributed by atoms with van der Waals surface area (Å²) in [6.45, 7) is 7.97. The fraction of sp³-hybridized carbons (Fsp3) is 0.368. The van der Waals surface area contributed by atoms with E-state index in [0.29, 0.717) is 28.7 Å². The van der Waals surface area contributed by atoms with E-state index in [9.17, 15) is 14.9 Å². The highest BCUT2D eigenvalue weighted by Crippen LogP contribution is 2.36. The maximum Gasteiger partial charge on any atom is 0.275 e. The van der Waals surface area contributed by atoms with Crippen LogP contribution in [0, 0.1) is 18.3 Å². The Hall–Kier alpha value is -2.96. The van der Waals surface area contributed by atoms with Crippen molar-refractivity contribution in [1.82, 2.24) is 19.6 Å². The second-order valence-electron chi connectivity index (χ2n) is 7.30. The van der Waals surface area contributed by atoms with Crippen LogP contribution < -0.4 is 5.56 Å². The SMILES string of the molecule is Cc1ccsc1-c1c(C#N)c2nc[nH]c(=O)c2n1CCN(C=O)OC(C)(C)C. The Morgan fingerprint density at radius 3 is 2.79 bits per heavy atom. The van der Waals surface area contributed by atoms with E-state index in [-0.39, 0.29) is 18.6 Å². The van der Waals surface area contributed by atoms with E-state index >= 15 is 0 Å². The van der Waals surface area contributed by atoms with E-state index in [1.807, 2.05) is 39.1 Å². The van der Waals surface area contributed by atoms with E-state index in [2.05, 4.69) is 16.0 Å². The zero-order chi connectivity index (χ0) is 20.5. The van der Waals surface area contributed by atoms with Crippen LogP contribution in [0.25, 0.3) is 21.6 Å². The smallest absolute Gasteiger partial charge is 0.275 e. The Bertz CT molecular complexity index is 1110.